The van der Waals surface area contributed by atoms with Gasteiger partial charge in [-0.25, -0.2) is 18.4 Å². The van der Waals surface area contributed by atoms with Crippen LogP contribution in [0.3, 0.4) is 0 Å². The first kappa shape index (κ1) is 24.8. The van der Waals surface area contributed by atoms with Crippen LogP contribution in [0.2, 0.25) is 0 Å². The van der Waals surface area contributed by atoms with Crippen LogP contribution in [0.1, 0.15) is 28.9 Å². The van der Waals surface area contributed by atoms with E-state index < -0.39 is 28.7 Å². The molecule has 1 saturated carbocycles. The van der Waals surface area contributed by atoms with E-state index >= 15 is 0 Å². The number of pyridine rings is 1. The van der Waals surface area contributed by atoms with Crippen molar-refractivity contribution in [2.24, 2.45) is 5.92 Å². The Kier molecular flexibility index (Phi) is 6.65. The molecular formula is C27H21F2N5O4. The van der Waals surface area contributed by atoms with E-state index in [0.29, 0.717) is 11.5 Å². The Morgan fingerprint density at radius 3 is 2.50 bits per heavy atom. The minimum Gasteiger partial charge on any atom is -0.454 e. The van der Waals surface area contributed by atoms with Crippen LogP contribution < -0.4 is 20.8 Å². The molecule has 0 bridgehead atoms. The summed E-state index contributed by atoms with van der Waals surface area (Å²) in [4.78, 5) is 41.4. The minimum atomic E-state index is -0.840. The molecule has 38 heavy (non-hydrogen) atoms. The molecule has 1 fully saturated rings. The molecule has 1 aliphatic rings. The molecule has 0 aliphatic heterocycles. The van der Waals surface area contributed by atoms with E-state index in [4.69, 9.17) is 4.74 Å². The number of ether oxygens (including phenoxy) is 1. The summed E-state index contributed by atoms with van der Waals surface area (Å²) < 4.78 is 34.9. The molecule has 9 nitrogen and oxygen atoms in total. The van der Waals surface area contributed by atoms with Gasteiger partial charge in [-0.05, 0) is 62.2 Å². The van der Waals surface area contributed by atoms with E-state index in [-0.39, 0.29) is 34.6 Å². The summed E-state index contributed by atoms with van der Waals surface area (Å²) in [5.74, 6) is -1.75. The molecule has 2 aromatic carbocycles. The summed E-state index contributed by atoms with van der Waals surface area (Å²) in [6.07, 6.45) is 4.55. The highest BCUT2D eigenvalue weighted by atomic mass is 19.1. The highest BCUT2D eigenvalue weighted by molar-refractivity contribution is 6.02. The molecular weight excluding hydrogens is 496 g/mol. The van der Waals surface area contributed by atoms with E-state index in [1.54, 1.807) is 0 Å². The Balaban J connectivity index is 1.31. The number of hydrogen-bond donors (Lipinski definition) is 2. The van der Waals surface area contributed by atoms with Crippen LogP contribution in [-0.4, -0.2) is 26.6 Å². The van der Waals surface area contributed by atoms with E-state index in [1.807, 2.05) is 0 Å². The van der Waals surface area contributed by atoms with Crippen molar-refractivity contribution in [1.82, 2.24) is 14.8 Å². The number of nitrogens with zero attached hydrogens (tertiary/aromatic N) is 3. The minimum absolute atomic E-state index is 0.00219. The first-order valence-corrected chi connectivity index (χ1v) is 11.7. The zero-order valence-corrected chi connectivity index (χ0v) is 20.1. The van der Waals surface area contributed by atoms with Crippen LogP contribution in [-0.2, 0) is 4.79 Å². The van der Waals surface area contributed by atoms with Gasteiger partial charge in [-0.1, -0.05) is 0 Å². The number of rotatable bonds is 7. The smallest absolute Gasteiger partial charge is 0.280 e. The summed E-state index contributed by atoms with van der Waals surface area (Å²) in [7, 11) is 0. The van der Waals surface area contributed by atoms with Gasteiger partial charge in [0.2, 0.25) is 11.3 Å². The zero-order chi connectivity index (χ0) is 26.8. The van der Waals surface area contributed by atoms with Gasteiger partial charge in [0.05, 0.1) is 5.69 Å². The highest BCUT2D eigenvalue weighted by Crippen LogP contribution is 2.31. The lowest BCUT2D eigenvalue weighted by Gasteiger charge is -2.11. The second-order valence-electron chi connectivity index (χ2n) is 8.75. The number of benzene rings is 2. The first-order chi connectivity index (χ1) is 18.3. The molecule has 11 heteroatoms. The largest absolute Gasteiger partial charge is 0.454 e. The Bertz CT molecular complexity index is 1600. The maximum absolute atomic E-state index is 14.8. The normalized spacial score (nSPS) is 12.6. The summed E-state index contributed by atoms with van der Waals surface area (Å²) >= 11 is 0. The van der Waals surface area contributed by atoms with Gasteiger partial charge in [0.15, 0.2) is 17.3 Å². The van der Waals surface area contributed by atoms with Gasteiger partial charge < -0.3 is 15.4 Å². The maximum Gasteiger partial charge on any atom is 0.280 e. The van der Waals surface area contributed by atoms with E-state index in [0.717, 1.165) is 18.9 Å². The SMILES string of the molecule is Cc1cn(-c2ccc(F)cc2)nc(C(=O)Nc2ccc(Oc3ccnc(NC(=O)C4CC4)c3)c(F)c2)c1=O. The van der Waals surface area contributed by atoms with Crippen molar-refractivity contribution in [2.45, 2.75) is 19.8 Å². The molecule has 0 spiro atoms. The van der Waals surface area contributed by atoms with Crippen molar-refractivity contribution in [2.75, 3.05) is 10.6 Å². The number of anilines is 2. The number of amides is 2. The van der Waals surface area contributed by atoms with Crippen molar-refractivity contribution in [3.63, 3.8) is 0 Å². The van der Waals surface area contributed by atoms with E-state index in [9.17, 15) is 23.2 Å². The van der Waals surface area contributed by atoms with Gasteiger partial charge >= 0.3 is 0 Å². The molecule has 0 radical (unpaired) electrons. The van der Waals surface area contributed by atoms with Gasteiger partial charge in [-0.15, -0.1) is 0 Å². The predicted molar refractivity (Wildman–Crippen MR) is 135 cm³/mol. The Labute approximate surface area is 215 Å². The standard InChI is InChI=1S/C27H21F2N5O4/c1-15-14-34(19-7-4-17(28)5-8-19)33-24(25(15)35)27(37)31-18-6-9-22(21(29)12-18)38-20-10-11-30-23(13-20)32-26(36)16-2-3-16/h4-14,16H,2-3H2,1H3,(H,31,37)(H,30,32,36). The average Bonchev–Trinajstić information content (AvgIpc) is 3.74. The van der Waals surface area contributed by atoms with Crippen molar-refractivity contribution in [1.29, 1.82) is 0 Å². The quantitative estimate of drug-likeness (QED) is 0.370. The number of carbonyl (C=O) groups is 2. The lowest BCUT2D eigenvalue weighted by atomic mass is 10.2. The average molecular weight is 517 g/mol. The second-order valence-corrected chi connectivity index (χ2v) is 8.75. The maximum atomic E-state index is 14.8. The van der Waals surface area contributed by atoms with Gasteiger partial charge in [-0.2, -0.15) is 5.10 Å². The predicted octanol–water partition coefficient (Wildman–Crippen LogP) is 4.61. The molecule has 0 saturated heterocycles. The monoisotopic (exact) mass is 517 g/mol. The van der Waals surface area contributed by atoms with Gasteiger partial charge in [0.25, 0.3) is 5.91 Å². The van der Waals surface area contributed by atoms with Crippen LogP contribution in [0.15, 0.2) is 71.8 Å². The number of nitrogens with one attached hydrogen (secondary N) is 2. The molecule has 2 heterocycles. The zero-order valence-electron chi connectivity index (χ0n) is 20.1. The fourth-order valence-electron chi connectivity index (χ4n) is 3.58. The fourth-order valence-corrected chi connectivity index (χ4v) is 3.58. The van der Waals surface area contributed by atoms with Crippen LogP contribution in [0.25, 0.3) is 5.69 Å². The third-order valence-corrected chi connectivity index (χ3v) is 5.75. The molecule has 2 amide bonds. The van der Waals surface area contributed by atoms with Gasteiger partial charge in [0.1, 0.15) is 17.4 Å². The van der Waals surface area contributed by atoms with Crippen LogP contribution >= 0.6 is 0 Å². The van der Waals surface area contributed by atoms with Gasteiger partial charge in [0, 0.05) is 41.7 Å². The number of carbonyl (C=O) groups excluding carboxylic acids is 2. The highest BCUT2D eigenvalue weighted by Gasteiger charge is 2.29. The molecule has 0 unspecified atom stereocenters. The molecule has 2 aromatic heterocycles. The number of hydrogen-bond acceptors (Lipinski definition) is 6. The van der Waals surface area contributed by atoms with Crippen LogP contribution in [0.5, 0.6) is 11.5 Å². The molecule has 2 N–H and O–H groups in total. The third kappa shape index (κ3) is 5.56. The lowest BCUT2D eigenvalue weighted by Crippen LogP contribution is -2.27. The Morgan fingerprint density at radius 1 is 1.03 bits per heavy atom. The van der Waals surface area contributed by atoms with E-state index in [1.165, 1.54) is 72.5 Å². The number of halogens is 2. The first-order valence-electron chi connectivity index (χ1n) is 11.7. The van der Waals surface area contributed by atoms with Crippen LogP contribution in [0.4, 0.5) is 20.3 Å². The molecule has 5 rings (SSSR count). The van der Waals surface area contributed by atoms with Crippen molar-refractivity contribution in [3.05, 3.63) is 100 Å². The topological polar surface area (TPSA) is 115 Å². The van der Waals surface area contributed by atoms with Crippen molar-refractivity contribution in [3.8, 4) is 17.2 Å². The van der Waals surface area contributed by atoms with Gasteiger partial charge in [-0.3, -0.25) is 14.4 Å². The third-order valence-electron chi connectivity index (χ3n) is 5.75. The van der Waals surface area contributed by atoms with E-state index in [2.05, 4.69) is 20.7 Å². The van der Waals surface area contributed by atoms with Crippen molar-refractivity contribution >= 4 is 23.3 Å². The number of aromatic nitrogens is 3. The molecule has 4 aromatic rings. The number of aryl methyl sites for hydroxylation is 1. The molecule has 192 valence electrons. The summed E-state index contributed by atoms with van der Waals surface area (Å²) in [5, 5.41) is 9.24. The summed E-state index contributed by atoms with van der Waals surface area (Å²) in [6, 6.07) is 12.1. The van der Waals surface area contributed by atoms with Crippen molar-refractivity contribution < 1.29 is 23.1 Å². The lowest BCUT2D eigenvalue weighted by molar-refractivity contribution is -0.117. The molecule has 1 aliphatic carbocycles. The Hall–Kier alpha value is -4.93. The van der Waals surface area contributed by atoms with Crippen LogP contribution in [0, 0.1) is 24.5 Å². The fraction of sp³-hybridized carbons (Fsp3) is 0.148. The second kappa shape index (κ2) is 10.2. The molecule has 0 atom stereocenters. The summed E-state index contributed by atoms with van der Waals surface area (Å²) in [5.41, 5.74) is -0.240. The summed E-state index contributed by atoms with van der Waals surface area (Å²) in [6.45, 7) is 1.52. The Morgan fingerprint density at radius 2 is 1.79 bits per heavy atom.